The van der Waals surface area contributed by atoms with Crippen molar-refractivity contribution in [1.29, 1.82) is 0 Å². The van der Waals surface area contributed by atoms with Crippen LogP contribution in [0.15, 0.2) is 12.1 Å². The predicted molar refractivity (Wildman–Crippen MR) is 67.0 cm³/mol. The summed E-state index contributed by atoms with van der Waals surface area (Å²) in [5.41, 5.74) is 8.46. The van der Waals surface area contributed by atoms with Crippen molar-refractivity contribution in [3.8, 4) is 5.75 Å². The normalized spacial score (nSPS) is 16.1. The van der Waals surface area contributed by atoms with Crippen molar-refractivity contribution in [3.05, 3.63) is 28.3 Å². The maximum atomic E-state index is 6.20. The van der Waals surface area contributed by atoms with Gasteiger partial charge in [-0.3, -0.25) is 0 Å². The number of hydrogen-bond acceptors (Lipinski definition) is 2. The number of benzene rings is 1. The number of fused-ring (bicyclic) bond motifs is 1. The summed E-state index contributed by atoms with van der Waals surface area (Å²) < 4.78 is 5.65. The van der Waals surface area contributed by atoms with E-state index in [1.807, 2.05) is 12.1 Å². The molecule has 16 heavy (non-hydrogen) atoms. The fourth-order valence-corrected chi connectivity index (χ4v) is 2.46. The summed E-state index contributed by atoms with van der Waals surface area (Å²) in [5, 5.41) is 0.762. The summed E-state index contributed by atoms with van der Waals surface area (Å²) in [6.07, 6.45) is 1.90. The van der Waals surface area contributed by atoms with E-state index in [1.165, 1.54) is 5.56 Å². The van der Waals surface area contributed by atoms with Gasteiger partial charge in [0.2, 0.25) is 0 Å². The molecule has 0 spiro atoms. The van der Waals surface area contributed by atoms with E-state index in [0.29, 0.717) is 5.92 Å². The monoisotopic (exact) mass is 239 g/mol. The average molecular weight is 240 g/mol. The van der Waals surface area contributed by atoms with Gasteiger partial charge in [0.05, 0.1) is 6.61 Å². The van der Waals surface area contributed by atoms with Crippen molar-refractivity contribution in [2.45, 2.75) is 32.7 Å². The molecule has 1 aromatic carbocycles. The first-order valence-electron chi connectivity index (χ1n) is 5.78. The van der Waals surface area contributed by atoms with E-state index in [9.17, 15) is 0 Å². The van der Waals surface area contributed by atoms with Crippen molar-refractivity contribution in [3.63, 3.8) is 0 Å². The van der Waals surface area contributed by atoms with Crippen LogP contribution in [0, 0.1) is 5.92 Å². The zero-order valence-electron chi connectivity index (χ0n) is 9.79. The van der Waals surface area contributed by atoms with Gasteiger partial charge in [-0.05, 0) is 30.0 Å². The fraction of sp³-hybridized carbons (Fsp3) is 0.538. The first kappa shape index (κ1) is 11.7. The fourth-order valence-electron chi connectivity index (χ4n) is 2.21. The summed E-state index contributed by atoms with van der Waals surface area (Å²) in [6.45, 7) is 5.09. The maximum Gasteiger partial charge on any atom is 0.127 e. The Hall–Kier alpha value is -0.730. The van der Waals surface area contributed by atoms with Gasteiger partial charge in [0, 0.05) is 23.0 Å². The molecule has 1 aromatic rings. The van der Waals surface area contributed by atoms with Crippen LogP contribution in [0.5, 0.6) is 5.75 Å². The minimum atomic E-state index is 0.0190. The van der Waals surface area contributed by atoms with E-state index in [1.54, 1.807) is 0 Å². The Morgan fingerprint density at radius 3 is 2.88 bits per heavy atom. The van der Waals surface area contributed by atoms with Crippen LogP contribution in [0.25, 0.3) is 0 Å². The molecule has 1 aliphatic rings. The van der Waals surface area contributed by atoms with Crippen LogP contribution in [0.3, 0.4) is 0 Å². The zero-order valence-corrected chi connectivity index (χ0v) is 10.6. The van der Waals surface area contributed by atoms with Crippen LogP contribution >= 0.6 is 11.6 Å². The molecule has 2 nitrogen and oxygen atoms in total. The first-order chi connectivity index (χ1) is 7.58. The van der Waals surface area contributed by atoms with E-state index >= 15 is 0 Å². The second-order valence-electron chi connectivity index (χ2n) is 4.82. The van der Waals surface area contributed by atoms with Crippen molar-refractivity contribution in [2.24, 2.45) is 11.7 Å². The molecule has 0 amide bonds. The zero-order chi connectivity index (χ0) is 11.7. The van der Waals surface area contributed by atoms with Gasteiger partial charge in [0.1, 0.15) is 5.75 Å². The molecule has 0 saturated heterocycles. The first-order valence-corrected chi connectivity index (χ1v) is 6.16. The second kappa shape index (κ2) is 4.64. The van der Waals surface area contributed by atoms with Gasteiger partial charge in [-0.1, -0.05) is 25.4 Å². The predicted octanol–water partition coefficient (Wildman–Crippen LogP) is 3.32. The molecule has 0 radical (unpaired) electrons. The number of hydrogen-bond donors (Lipinski definition) is 1. The third-order valence-corrected chi connectivity index (χ3v) is 3.12. The molecule has 1 unspecified atom stereocenters. The maximum absolute atomic E-state index is 6.20. The quantitative estimate of drug-likeness (QED) is 0.878. The Kier molecular flexibility index (Phi) is 3.41. The molecule has 0 aromatic heterocycles. The van der Waals surface area contributed by atoms with Gasteiger partial charge < -0.3 is 10.5 Å². The summed E-state index contributed by atoms with van der Waals surface area (Å²) in [7, 11) is 0. The van der Waals surface area contributed by atoms with Crippen molar-refractivity contribution >= 4 is 11.6 Å². The topological polar surface area (TPSA) is 35.2 Å². The minimum Gasteiger partial charge on any atom is -0.493 e. The molecule has 0 saturated carbocycles. The van der Waals surface area contributed by atoms with Crippen LogP contribution in [0.2, 0.25) is 5.02 Å². The third-order valence-electron chi connectivity index (χ3n) is 2.90. The third kappa shape index (κ3) is 2.33. The van der Waals surface area contributed by atoms with E-state index in [-0.39, 0.29) is 6.04 Å². The Labute approximate surface area is 102 Å². The highest BCUT2D eigenvalue weighted by atomic mass is 35.5. The highest BCUT2D eigenvalue weighted by Gasteiger charge is 2.21. The van der Waals surface area contributed by atoms with Gasteiger partial charge in [0.25, 0.3) is 0 Å². The summed E-state index contributed by atoms with van der Waals surface area (Å²) in [4.78, 5) is 0. The molecule has 0 bridgehead atoms. The van der Waals surface area contributed by atoms with Gasteiger partial charge in [-0.15, -0.1) is 0 Å². The van der Waals surface area contributed by atoms with Crippen LogP contribution in [-0.2, 0) is 6.42 Å². The van der Waals surface area contributed by atoms with Gasteiger partial charge in [-0.25, -0.2) is 0 Å². The molecule has 3 heteroatoms. The highest BCUT2D eigenvalue weighted by molar-refractivity contribution is 6.30. The summed E-state index contributed by atoms with van der Waals surface area (Å²) in [5.74, 6) is 1.54. The van der Waals surface area contributed by atoms with E-state index in [2.05, 4.69) is 13.8 Å². The van der Waals surface area contributed by atoms with Crippen molar-refractivity contribution < 1.29 is 4.74 Å². The number of nitrogens with two attached hydrogens (primary N) is 1. The molecular weight excluding hydrogens is 222 g/mol. The molecule has 2 rings (SSSR count). The Morgan fingerprint density at radius 1 is 1.44 bits per heavy atom. The minimum absolute atomic E-state index is 0.0190. The van der Waals surface area contributed by atoms with Gasteiger partial charge >= 0.3 is 0 Å². The number of rotatable bonds is 3. The van der Waals surface area contributed by atoms with E-state index < -0.39 is 0 Å². The smallest absolute Gasteiger partial charge is 0.127 e. The lowest BCUT2D eigenvalue weighted by Gasteiger charge is -2.17. The Balaban J connectivity index is 2.33. The van der Waals surface area contributed by atoms with E-state index in [4.69, 9.17) is 22.1 Å². The molecule has 1 heterocycles. The van der Waals surface area contributed by atoms with E-state index in [0.717, 1.165) is 35.8 Å². The van der Waals surface area contributed by atoms with Crippen LogP contribution in [0.1, 0.15) is 37.4 Å². The average Bonchev–Trinajstić information content (AvgIpc) is 2.62. The molecule has 0 aliphatic carbocycles. The number of halogens is 1. The summed E-state index contributed by atoms with van der Waals surface area (Å²) >= 11 is 6.10. The van der Waals surface area contributed by atoms with Gasteiger partial charge in [0.15, 0.2) is 0 Å². The lowest BCUT2D eigenvalue weighted by Crippen LogP contribution is -2.14. The molecule has 88 valence electrons. The molecular formula is C13H18ClNO. The summed E-state index contributed by atoms with van der Waals surface area (Å²) in [6, 6.07) is 3.94. The second-order valence-corrected chi connectivity index (χ2v) is 5.25. The largest absolute Gasteiger partial charge is 0.493 e. The Morgan fingerprint density at radius 2 is 2.19 bits per heavy atom. The van der Waals surface area contributed by atoms with Crippen LogP contribution < -0.4 is 10.5 Å². The standard InChI is InChI=1S/C13H18ClNO/c1-8(2)5-12(15)11-7-10(14)6-9-3-4-16-13(9)11/h6-8,12H,3-5,15H2,1-2H3. The highest BCUT2D eigenvalue weighted by Crippen LogP contribution is 2.37. The molecule has 1 atom stereocenters. The Bertz CT molecular complexity index is 390. The molecule has 2 N–H and O–H groups in total. The van der Waals surface area contributed by atoms with Crippen molar-refractivity contribution in [2.75, 3.05) is 6.61 Å². The van der Waals surface area contributed by atoms with Crippen molar-refractivity contribution in [1.82, 2.24) is 0 Å². The molecule has 1 aliphatic heterocycles. The molecule has 0 fully saturated rings. The van der Waals surface area contributed by atoms with Gasteiger partial charge in [-0.2, -0.15) is 0 Å². The SMILES string of the molecule is CC(C)CC(N)c1cc(Cl)cc2c1OCC2. The number of ether oxygens (including phenoxy) is 1. The van der Waals surface area contributed by atoms with Crippen LogP contribution in [0.4, 0.5) is 0 Å². The lowest BCUT2D eigenvalue weighted by molar-refractivity contribution is 0.348. The lowest BCUT2D eigenvalue weighted by atomic mass is 9.95. The van der Waals surface area contributed by atoms with Crippen LogP contribution in [-0.4, -0.2) is 6.61 Å².